The number of hydrogen-bond donors (Lipinski definition) is 1. The number of hydrogen-bond acceptors (Lipinski definition) is 3. The van der Waals surface area contributed by atoms with Crippen LogP contribution in [-0.2, 0) is 5.41 Å². The maximum absolute atomic E-state index is 6.34. The van der Waals surface area contributed by atoms with E-state index < -0.39 is 0 Å². The Balaban J connectivity index is 1.80. The van der Waals surface area contributed by atoms with E-state index in [1.54, 1.807) is 0 Å². The van der Waals surface area contributed by atoms with Crippen LogP contribution in [-0.4, -0.2) is 37.2 Å². The molecule has 2 aliphatic rings. The van der Waals surface area contributed by atoms with E-state index in [9.17, 15) is 0 Å². The Kier molecular flexibility index (Phi) is 3.74. The van der Waals surface area contributed by atoms with E-state index in [4.69, 9.17) is 10.5 Å². The van der Waals surface area contributed by atoms with Gasteiger partial charge in [0.15, 0.2) is 0 Å². The Morgan fingerprint density at radius 1 is 1.35 bits per heavy atom. The minimum Gasteiger partial charge on any atom is -0.489 e. The number of nitrogens with two attached hydrogens (primary N) is 1. The van der Waals surface area contributed by atoms with Gasteiger partial charge in [0.1, 0.15) is 11.9 Å². The average molecular weight is 274 g/mol. The summed E-state index contributed by atoms with van der Waals surface area (Å²) < 4.78 is 6.34. The van der Waals surface area contributed by atoms with Gasteiger partial charge in [-0.1, -0.05) is 18.2 Å². The van der Waals surface area contributed by atoms with E-state index in [0.717, 1.165) is 18.7 Å². The number of likely N-dealkylation sites (N-methyl/N-ethyl adjacent to an activating group) is 1. The van der Waals surface area contributed by atoms with Crippen LogP contribution in [0.5, 0.6) is 5.75 Å². The molecular formula is C17H26N2O. The van der Waals surface area contributed by atoms with Crippen LogP contribution in [0.1, 0.15) is 38.2 Å². The van der Waals surface area contributed by atoms with Crippen LogP contribution in [0, 0.1) is 0 Å². The second kappa shape index (κ2) is 5.38. The molecule has 1 aliphatic carbocycles. The average Bonchev–Trinajstić information content (AvgIpc) is 3.21. The lowest BCUT2D eigenvalue weighted by Crippen LogP contribution is -2.39. The maximum atomic E-state index is 6.34. The molecule has 3 rings (SSSR count). The van der Waals surface area contributed by atoms with Crippen molar-refractivity contribution >= 4 is 0 Å². The molecule has 2 fully saturated rings. The SMILES string of the molecule is CC(N)C1(c2ccccc2OC2CCCN(C)C2)CC1. The minimum absolute atomic E-state index is 0.164. The number of nitrogens with zero attached hydrogens (tertiary/aromatic N) is 1. The van der Waals surface area contributed by atoms with Crippen molar-refractivity contribution < 1.29 is 4.74 Å². The second-order valence-electron chi connectivity index (χ2n) is 6.59. The lowest BCUT2D eigenvalue weighted by Gasteiger charge is -2.32. The van der Waals surface area contributed by atoms with Gasteiger partial charge in [0.25, 0.3) is 0 Å². The van der Waals surface area contributed by atoms with Crippen molar-refractivity contribution in [2.45, 2.75) is 50.2 Å². The summed E-state index contributed by atoms with van der Waals surface area (Å²) in [5, 5.41) is 0. The standard InChI is InChI=1S/C17H26N2O/c1-13(18)17(9-10-17)15-7-3-4-8-16(15)20-14-6-5-11-19(2)12-14/h3-4,7-8,13-14H,5-6,9-12,18H2,1-2H3. The smallest absolute Gasteiger partial charge is 0.123 e. The zero-order chi connectivity index (χ0) is 14.2. The lowest BCUT2D eigenvalue weighted by atomic mass is 9.89. The first-order chi connectivity index (χ1) is 9.62. The van der Waals surface area contributed by atoms with Gasteiger partial charge in [-0.15, -0.1) is 0 Å². The molecule has 1 saturated carbocycles. The van der Waals surface area contributed by atoms with Crippen LogP contribution in [0.4, 0.5) is 0 Å². The molecule has 1 aromatic rings. The molecule has 0 spiro atoms. The first-order valence-electron chi connectivity index (χ1n) is 7.82. The van der Waals surface area contributed by atoms with Crippen molar-refractivity contribution in [3.63, 3.8) is 0 Å². The summed E-state index contributed by atoms with van der Waals surface area (Å²) >= 11 is 0. The van der Waals surface area contributed by atoms with E-state index in [1.807, 2.05) is 0 Å². The predicted octanol–water partition coefficient (Wildman–Crippen LogP) is 2.54. The Morgan fingerprint density at radius 2 is 2.10 bits per heavy atom. The molecule has 3 nitrogen and oxygen atoms in total. The quantitative estimate of drug-likeness (QED) is 0.917. The molecule has 2 atom stereocenters. The van der Waals surface area contributed by atoms with Crippen molar-refractivity contribution in [3.8, 4) is 5.75 Å². The molecule has 2 unspecified atom stereocenters. The van der Waals surface area contributed by atoms with Crippen molar-refractivity contribution in [2.24, 2.45) is 5.73 Å². The molecule has 0 amide bonds. The van der Waals surface area contributed by atoms with Crippen LogP contribution in [0.3, 0.4) is 0 Å². The Bertz CT molecular complexity index is 468. The van der Waals surface area contributed by atoms with E-state index in [-0.39, 0.29) is 11.5 Å². The second-order valence-corrected chi connectivity index (χ2v) is 6.59. The van der Waals surface area contributed by atoms with Gasteiger partial charge in [-0.25, -0.2) is 0 Å². The summed E-state index contributed by atoms with van der Waals surface area (Å²) in [5.41, 5.74) is 7.71. The van der Waals surface area contributed by atoms with Crippen molar-refractivity contribution in [3.05, 3.63) is 29.8 Å². The number of likely N-dealkylation sites (tertiary alicyclic amines) is 1. The summed E-state index contributed by atoms with van der Waals surface area (Å²) in [6.07, 6.45) is 5.08. The third-order valence-corrected chi connectivity index (χ3v) is 4.96. The minimum atomic E-state index is 0.164. The fraction of sp³-hybridized carbons (Fsp3) is 0.647. The van der Waals surface area contributed by atoms with Gasteiger partial charge < -0.3 is 15.4 Å². The number of ether oxygens (including phenoxy) is 1. The van der Waals surface area contributed by atoms with Gasteiger partial charge in [-0.2, -0.15) is 0 Å². The highest BCUT2D eigenvalue weighted by atomic mass is 16.5. The molecule has 3 heteroatoms. The van der Waals surface area contributed by atoms with Crippen LogP contribution < -0.4 is 10.5 Å². The Labute approximate surface area is 122 Å². The Hall–Kier alpha value is -1.06. The van der Waals surface area contributed by atoms with E-state index in [2.05, 4.69) is 43.1 Å². The molecule has 0 radical (unpaired) electrons. The summed E-state index contributed by atoms with van der Waals surface area (Å²) in [7, 11) is 2.17. The molecule has 1 aliphatic heterocycles. The first kappa shape index (κ1) is 13.9. The monoisotopic (exact) mass is 274 g/mol. The summed E-state index contributed by atoms with van der Waals surface area (Å²) in [4.78, 5) is 2.36. The molecule has 1 saturated heterocycles. The molecule has 1 heterocycles. The predicted molar refractivity (Wildman–Crippen MR) is 82.2 cm³/mol. The first-order valence-corrected chi connectivity index (χ1v) is 7.82. The van der Waals surface area contributed by atoms with Crippen LogP contribution in [0.15, 0.2) is 24.3 Å². The maximum Gasteiger partial charge on any atom is 0.123 e. The summed E-state index contributed by atoms with van der Waals surface area (Å²) in [6.45, 7) is 4.34. The zero-order valence-electron chi connectivity index (χ0n) is 12.6. The topological polar surface area (TPSA) is 38.5 Å². The number of rotatable bonds is 4. The highest BCUT2D eigenvalue weighted by molar-refractivity contribution is 5.44. The number of benzene rings is 1. The van der Waals surface area contributed by atoms with Crippen LogP contribution in [0.25, 0.3) is 0 Å². The highest BCUT2D eigenvalue weighted by Gasteiger charge is 2.49. The van der Waals surface area contributed by atoms with Gasteiger partial charge in [-0.05, 0) is 52.3 Å². The third kappa shape index (κ3) is 2.57. The van der Waals surface area contributed by atoms with Gasteiger partial charge in [0.2, 0.25) is 0 Å². The van der Waals surface area contributed by atoms with Crippen molar-refractivity contribution in [2.75, 3.05) is 20.1 Å². The summed E-state index contributed by atoms with van der Waals surface area (Å²) in [5.74, 6) is 1.06. The van der Waals surface area contributed by atoms with Gasteiger partial charge in [0.05, 0.1) is 0 Å². The number of piperidine rings is 1. The molecule has 0 aromatic heterocycles. The van der Waals surface area contributed by atoms with E-state index >= 15 is 0 Å². The van der Waals surface area contributed by atoms with E-state index in [1.165, 1.54) is 31.4 Å². The molecule has 1 aromatic carbocycles. The largest absolute Gasteiger partial charge is 0.489 e. The van der Waals surface area contributed by atoms with Crippen molar-refractivity contribution in [1.82, 2.24) is 4.90 Å². The van der Waals surface area contributed by atoms with E-state index in [0.29, 0.717) is 6.10 Å². The molecule has 0 bridgehead atoms. The third-order valence-electron chi connectivity index (χ3n) is 4.96. The number of para-hydroxylation sites is 1. The van der Waals surface area contributed by atoms with Gasteiger partial charge in [-0.3, -0.25) is 0 Å². The normalized spacial score (nSPS) is 27.1. The Morgan fingerprint density at radius 3 is 2.75 bits per heavy atom. The molecule has 2 N–H and O–H groups in total. The highest BCUT2D eigenvalue weighted by Crippen LogP contribution is 2.53. The fourth-order valence-corrected chi connectivity index (χ4v) is 3.48. The lowest BCUT2D eigenvalue weighted by molar-refractivity contribution is 0.103. The van der Waals surface area contributed by atoms with Gasteiger partial charge in [0, 0.05) is 23.6 Å². The van der Waals surface area contributed by atoms with Gasteiger partial charge >= 0.3 is 0 Å². The molecule has 110 valence electrons. The van der Waals surface area contributed by atoms with Crippen LogP contribution in [0.2, 0.25) is 0 Å². The zero-order valence-corrected chi connectivity index (χ0v) is 12.6. The van der Waals surface area contributed by atoms with Crippen LogP contribution >= 0.6 is 0 Å². The molecule has 20 heavy (non-hydrogen) atoms. The fourth-order valence-electron chi connectivity index (χ4n) is 3.48. The van der Waals surface area contributed by atoms with Crippen molar-refractivity contribution in [1.29, 1.82) is 0 Å². The summed E-state index contributed by atoms with van der Waals surface area (Å²) in [6, 6.07) is 8.70. The molecular weight excluding hydrogens is 248 g/mol.